The smallest absolute Gasteiger partial charge is 0.307 e. The standard InChI is InChI=1S/C18H15ClF3N3OS/c1-11-10-25(17(27-11)24-15-8-3-2-7-14(15)19)16(26)23-13-6-4-5-12(9-13)18(20,21)22/h2-9,11H,10H2,1H3,(H,23,26)/t11-/m1/s1. The zero-order valence-corrected chi connectivity index (χ0v) is 15.7. The van der Waals surface area contributed by atoms with Gasteiger partial charge in [0.05, 0.1) is 16.3 Å². The average Bonchev–Trinajstić information content (AvgIpc) is 2.97. The van der Waals surface area contributed by atoms with Crippen molar-refractivity contribution >= 4 is 45.9 Å². The van der Waals surface area contributed by atoms with Gasteiger partial charge in [-0.3, -0.25) is 4.90 Å². The first kappa shape index (κ1) is 19.6. The van der Waals surface area contributed by atoms with E-state index in [-0.39, 0.29) is 10.9 Å². The van der Waals surface area contributed by atoms with Gasteiger partial charge in [-0.1, -0.05) is 48.5 Å². The summed E-state index contributed by atoms with van der Waals surface area (Å²) in [5.74, 6) is 0. The van der Waals surface area contributed by atoms with Gasteiger partial charge in [0.15, 0.2) is 5.17 Å². The average molecular weight is 414 g/mol. The van der Waals surface area contributed by atoms with Gasteiger partial charge in [-0.2, -0.15) is 13.2 Å². The Balaban J connectivity index is 1.82. The molecule has 1 heterocycles. The van der Waals surface area contributed by atoms with Crippen molar-refractivity contribution in [3.63, 3.8) is 0 Å². The summed E-state index contributed by atoms with van der Waals surface area (Å²) >= 11 is 7.51. The molecule has 2 aromatic rings. The molecule has 4 nitrogen and oxygen atoms in total. The number of carbonyl (C=O) groups is 1. The van der Waals surface area contributed by atoms with Crippen molar-refractivity contribution in [2.24, 2.45) is 4.99 Å². The molecule has 1 saturated heterocycles. The SMILES string of the molecule is C[C@@H]1CN(C(=O)Nc2cccc(C(F)(F)F)c2)C(=Nc2ccccc2Cl)S1. The van der Waals surface area contributed by atoms with Gasteiger partial charge in [-0.15, -0.1) is 0 Å². The summed E-state index contributed by atoms with van der Waals surface area (Å²) in [5.41, 5.74) is -0.237. The Labute approximate surface area is 163 Å². The Kier molecular flexibility index (Phi) is 5.67. The third-order valence-corrected chi connectivity index (χ3v) is 5.13. The van der Waals surface area contributed by atoms with Crippen LogP contribution in [0.4, 0.5) is 29.3 Å². The Morgan fingerprint density at radius 3 is 2.70 bits per heavy atom. The van der Waals surface area contributed by atoms with Gasteiger partial charge >= 0.3 is 12.2 Å². The Morgan fingerprint density at radius 1 is 1.26 bits per heavy atom. The number of hydrogen-bond donors (Lipinski definition) is 1. The largest absolute Gasteiger partial charge is 0.416 e. The summed E-state index contributed by atoms with van der Waals surface area (Å²) < 4.78 is 38.5. The van der Waals surface area contributed by atoms with Crippen LogP contribution >= 0.6 is 23.4 Å². The van der Waals surface area contributed by atoms with Crippen LogP contribution in [0.2, 0.25) is 5.02 Å². The third kappa shape index (κ3) is 4.75. The molecule has 1 aliphatic heterocycles. The molecule has 2 amide bonds. The number of halogens is 4. The molecule has 1 fully saturated rings. The first-order valence-corrected chi connectivity index (χ1v) is 9.25. The number of nitrogens with one attached hydrogen (secondary N) is 1. The van der Waals surface area contributed by atoms with Crippen molar-refractivity contribution in [2.75, 3.05) is 11.9 Å². The fraction of sp³-hybridized carbons (Fsp3) is 0.222. The van der Waals surface area contributed by atoms with E-state index in [0.29, 0.717) is 22.4 Å². The monoisotopic (exact) mass is 413 g/mol. The highest BCUT2D eigenvalue weighted by Crippen LogP contribution is 2.33. The number of alkyl halides is 3. The fourth-order valence-corrected chi connectivity index (χ4v) is 3.68. The number of thioether (sulfide) groups is 1. The number of amides is 2. The number of rotatable bonds is 2. The second-order valence-electron chi connectivity index (χ2n) is 5.89. The molecule has 0 aliphatic carbocycles. The van der Waals surface area contributed by atoms with Crippen LogP contribution in [-0.2, 0) is 6.18 Å². The maximum Gasteiger partial charge on any atom is 0.416 e. The Morgan fingerprint density at radius 2 is 2.00 bits per heavy atom. The molecule has 0 bridgehead atoms. The quantitative estimate of drug-likeness (QED) is 0.654. The van der Waals surface area contributed by atoms with Crippen molar-refractivity contribution in [1.29, 1.82) is 0 Å². The van der Waals surface area contributed by atoms with Gasteiger partial charge in [-0.25, -0.2) is 9.79 Å². The lowest BCUT2D eigenvalue weighted by molar-refractivity contribution is -0.137. The molecule has 1 N–H and O–H groups in total. The normalized spacial score (nSPS) is 18.8. The van der Waals surface area contributed by atoms with Gasteiger partial charge in [0.2, 0.25) is 0 Å². The van der Waals surface area contributed by atoms with E-state index in [1.807, 2.05) is 6.92 Å². The van der Waals surface area contributed by atoms with Crippen LogP contribution in [0.25, 0.3) is 0 Å². The summed E-state index contributed by atoms with van der Waals surface area (Å²) in [7, 11) is 0. The molecule has 142 valence electrons. The highest BCUT2D eigenvalue weighted by Gasteiger charge is 2.33. The molecule has 2 aromatic carbocycles. The van der Waals surface area contributed by atoms with Crippen molar-refractivity contribution < 1.29 is 18.0 Å². The second kappa shape index (κ2) is 7.82. The summed E-state index contributed by atoms with van der Waals surface area (Å²) in [6.45, 7) is 2.32. The lowest BCUT2D eigenvalue weighted by atomic mass is 10.2. The number of hydrogen-bond acceptors (Lipinski definition) is 3. The Bertz CT molecular complexity index is 888. The van der Waals surface area contributed by atoms with Gasteiger partial charge in [0.1, 0.15) is 0 Å². The second-order valence-corrected chi connectivity index (χ2v) is 7.71. The third-order valence-electron chi connectivity index (χ3n) is 3.73. The Hall–Kier alpha value is -2.19. The molecule has 27 heavy (non-hydrogen) atoms. The van der Waals surface area contributed by atoms with Crippen LogP contribution in [0.1, 0.15) is 12.5 Å². The maximum atomic E-state index is 12.8. The molecule has 3 rings (SSSR count). The van der Waals surface area contributed by atoms with Gasteiger partial charge < -0.3 is 5.32 Å². The van der Waals surface area contributed by atoms with E-state index < -0.39 is 17.8 Å². The molecule has 0 aromatic heterocycles. The predicted octanol–water partition coefficient (Wildman–Crippen LogP) is 6.02. The molecule has 9 heteroatoms. The number of aliphatic imine (C=N–C) groups is 1. The number of anilines is 1. The van der Waals surface area contributed by atoms with Crippen LogP contribution in [0, 0.1) is 0 Å². The number of urea groups is 1. The number of para-hydroxylation sites is 1. The molecule has 1 aliphatic rings. The summed E-state index contributed by atoms with van der Waals surface area (Å²) in [6, 6.07) is 10.9. The lowest BCUT2D eigenvalue weighted by Gasteiger charge is -2.18. The first-order valence-electron chi connectivity index (χ1n) is 7.99. The van der Waals surface area contributed by atoms with Crippen molar-refractivity contribution in [3.8, 4) is 0 Å². The van der Waals surface area contributed by atoms with Gasteiger partial charge in [0.25, 0.3) is 0 Å². The highest BCUT2D eigenvalue weighted by atomic mass is 35.5. The number of amidine groups is 1. The van der Waals surface area contributed by atoms with Crippen LogP contribution in [0.15, 0.2) is 53.5 Å². The maximum absolute atomic E-state index is 12.8. The fourth-order valence-electron chi connectivity index (χ4n) is 2.48. The van der Waals surface area contributed by atoms with E-state index in [1.54, 1.807) is 24.3 Å². The predicted molar refractivity (Wildman–Crippen MR) is 103 cm³/mol. The van der Waals surface area contributed by atoms with Crippen molar-refractivity contribution in [3.05, 3.63) is 59.1 Å². The molecule has 0 radical (unpaired) electrons. The summed E-state index contributed by atoms with van der Waals surface area (Å²) in [5, 5.41) is 3.50. The molecule has 1 atom stereocenters. The van der Waals surface area contributed by atoms with Crippen molar-refractivity contribution in [2.45, 2.75) is 18.3 Å². The van der Waals surface area contributed by atoms with Crippen LogP contribution in [0.5, 0.6) is 0 Å². The minimum absolute atomic E-state index is 0.0662. The number of nitrogens with zero attached hydrogens (tertiary/aromatic N) is 2. The lowest BCUT2D eigenvalue weighted by Crippen LogP contribution is -2.36. The molecular weight excluding hydrogens is 399 g/mol. The van der Waals surface area contributed by atoms with Crippen LogP contribution in [0.3, 0.4) is 0 Å². The van der Waals surface area contributed by atoms with E-state index in [2.05, 4.69) is 10.3 Å². The molecule has 0 saturated carbocycles. The highest BCUT2D eigenvalue weighted by molar-refractivity contribution is 8.14. The van der Waals surface area contributed by atoms with Gasteiger partial charge in [-0.05, 0) is 30.3 Å². The molecule has 0 unspecified atom stereocenters. The minimum atomic E-state index is -4.48. The van der Waals surface area contributed by atoms with Crippen LogP contribution < -0.4 is 5.32 Å². The van der Waals surface area contributed by atoms with Crippen molar-refractivity contribution in [1.82, 2.24) is 4.90 Å². The van der Waals surface area contributed by atoms with E-state index >= 15 is 0 Å². The summed E-state index contributed by atoms with van der Waals surface area (Å²) in [4.78, 5) is 18.5. The molecular formula is C18H15ClF3N3OS. The number of benzene rings is 2. The van der Waals surface area contributed by atoms with Crippen LogP contribution in [-0.4, -0.2) is 27.9 Å². The van der Waals surface area contributed by atoms with E-state index in [1.165, 1.54) is 28.8 Å². The van der Waals surface area contributed by atoms with Gasteiger partial charge in [0, 0.05) is 17.5 Å². The summed E-state index contributed by atoms with van der Waals surface area (Å²) in [6.07, 6.45) is -4.48. The van der Waals surface area contributed by atoms with E-state index in [4.69, 9.17) is 11.6 Å². The molecule has 0 spiro atoms. The van der Waals surface area contributed by atoms with E-state index in [0.717, 1.165) is 12.1 Å². The zero-order valence-electron chi connectivity index (χ0n) is 14.1. The minimum Gasteiger partial charge on any atom is -0.307 e. The van der Waals surface area contributed by atoms with E-state index in [9.17, 15) is 18.0 Å². The number of carbonyl (C=O) groups excluding carboxylic acids is 1. The zero-order chi connectivity index (χ0) is 19.6. The first-order chi connectivity index (χ1) is 12.7. The topological polar surface area (TPSA) is 44.7 Å².